The van der Waals surface area contributed by atoms with Crippen molar-refractivity contribution in [2.24, 2.45) is 0 Å². The summed E-state index contributed by atoms with van der Waals surface area (Å²) in [5, 5.41) is 0. The Bertz CT molecular complexity index is 549. The zero-order valence-corrected chi connectivity index (χ0v) is 14.1. The van der Waals surface area contributed by atoms with Gasteiger partial charge in [0.25, 0.3) is 0 Å². The summed E-state index contributed by atoms with van der Waals surface area (Å²) in [6, 6.07) is 8.51. The molecule has 6 nitrogen and oxygen atoms in total. The number of aromatic nitrogens is 2. The number of nitrogens with zero attached hydrogens (tertiary/aromatic N) is 2. The van der Waals surface area contributed by atoms with Crippen LogP contribution in [0.2, 0.25) is 0 Å². The van der Waals surface area contributed by atoms with Crippen LogP contribution in [0.15, 0.2) is 49.1 Å². The molecule has 0 aliphatic carbocycles. The van der Waals surface area contributed by atoms with Gasteiger partial charge in [-0.25, -0.2) is 27.8 Å². The standard InChI is InChI=1S/C16H22N2.ClHO4/c1-15-7-5-11-17(13-15)9-3-4-10-18-12-6-8-16(2)14-18;2-1(3,4)5/h5-8,11-14H,3-4,9-10H2,1-2H3;(H,2,3,4,5)/q+2;/p-1. The van der Waals surface area contributed by atoms with E-state index >= 15 is 0 Å². The highest BCUT2D eigenvalue weighted by Crippen LogP contribution is 1.94. The maximum absolute atomic E-state index is 8.49. The fourth-order valence-corrected chi connectivity index (χ4v) is 2.17. The summed E-state index contributed by atoms with van der Waals surface area (Å²) in [4.78, 5) is 0. The fraction of sp³-hybridized carbons (Fsp3) is 0.375. The molecule has 0 saturated heterocycles. The van der Waals surface area contributed by atoms with Gasteiger partial charge < -0.3 is 0 Å². The van der Waals surface area contributed by atoms with Gasteiger partial charge in [-0.05, 0) is 26.0 Å². The quantitative estimate of drug-likeness (QED) is 0.447. The number of aryl methyl sites for hydroxylation is 4. The highest BCUT2D eigenvalue weighted by atomic mass is 35.7. The van der Waals surface area contributed by atoms with Crippen LogP contribution in [-0.4, -0.2) is 0 Å². The van der Waals surface area contributed by atoms with Gasteiger partial charge in [-0.1, -0.05) is 0 Å². The monoisotopic (exact) mass is 341 g/mol. The van der Waals surface area contributed by atoms with Crippen LogP contribution >= 0.6 is 0 Å². The number of halogens is 1. The lowest BCUT2D eigenvalue weighted by Gasteiger charge is -2.17. The Labute approximate surface area is 138 Å². The molecule has 0 amide bonds. The van der Waals surface area contributed by atoms with E-state index in [1.54, 1.807) is 0 Å². The molecule has 0 radical (unpaired) electrons. The van der Waals surface area contributed by atoms with E-state index in [9.17, 15) is 0 Å². The first kappa shape index (κ1) is 19.5. The van der Waals surface area contributed by atoms with E-state index in [1.807, 2.05) is 0 Å². The van der Waals surface area contributed by atoms with Gasteiger partial charge in [-0.2, -0.15) is 0 Å². The molecule has 0 aliphatic rings. The molecular formula is C16H22ClN2O4+. The summed E-state index contributed by atoms with van der Waals surface area (Å²) in [5.41, 5.74) is 2.65. The van der Waals surface area contributed by atoms with Gasteiger partial charge in [0.05, 0.1) is 0 Å². The predicted octanol–water partition coefficient (Wildman–Crippen LogP) is -2.40. The van der Waals surface area contributed by atoms with E-state index in [0.29, 0.717) is 0 Å². The van der Waals surface area contributed by atoms with Crippen molar-refractivity contribution in [2.75, 3.05) is 0 Å². The minimum Gasteiger partial charge on any atom is -0.222 e. The average Bonchev–Trinajstić information content (AvgIpc) is 2.42. The van der Waals surface area contributed by atoms with Crippen LogP contribution in [-0.2, 0) is 13.1 Å². The lowest BCUT2D eigenvalue weighted by molar-refractivity contribution is -2.00. The molecule has 23 heavy (non-hydrogen) atoms. The molecule has 2 aromatic heterocycles. The van der Waals surface area contributed by atoms with Crippen LogP contribution in [0, 0.1) is 24.1 Å². The maximum atomic E-state index is 8.49. The van der Waals surface area contributed by atoms with E-state index in [2.05, 4.69) is 72.0 Å². The Morgan fingerprint density at radius 2 is 1.13 bits per heavy atom. The highest BCUT2D eigenvalue weighted by Gasteiger charge is 2.03. The summed E-state index contributed by atoms with van der Waals surface area (Å²) in [5.74, 6) is 0. The highest BCUT2D eigenvalue weighted by molar-refractivity contribution is 5.01. The van der Waals surface area contributed by atoms with Crippen molar-refractivity contribution in [1.82, 2.24) is 0 Å². The summed E-state index contributed by atoms with van der Waals surface area (Å²) in [6.45, 7) is 6.49. The van der Waals surface area contributed by atoms with Crippen LogP contribution in [0.1, 0.15) is 24.0 Å². The molecule has 0 N–H and O–H groups in total. The fourth-order valence-electron chi connectivity index (χ4n) is 2.17. The Morgan fingerprint density at radius 3 is 1.43 bits per heavy atom. The average molecular weight is 342 g/mol. The molecule has 0 saturated carbocycles. The minimum absolute atomic E-state index is 1.11. The Kier molecular flexibility index (Phi) is 8.08. The maximum Gasteiger partial charge on any atom is 0.171 e. The van der Waals surface area contributed by atoms with E-state index < -0.39 is 10.2 Å². The summed E-state index contributed by atoms with van der Waals surface area (Å²) in [6.07, 6.45) is 11.1. The zero-order chi connectivity index (χ0) is 17.3. The Morgan fingerprint density at radius 1 is 0.783 bits per heavy atom. The summed E-state index contributed by atoms with van der Waals surface area (Å²) < 4.78 is 38.5. The SMILES string of the molecule is Cc1ccc[n+](CCCC[n+]2cccc(C)c2)c1.[O-][Cl+3]([O-])([O-])[O-]. The Balaban J connectivity index is 0.000000463. The van der Waals surface area contributed by atoms with Gasteiger partial charge in [-0.15, -0.1) is 10.2 Å². The second-order valence-corrected chi connectivity index (χ2v) is 6.08. The molecule has 0 spiro atoms. The molecule has 0 fully saturated rings. The smallest absolute Gasteiger partial charge is 0.171 e. The van der Waals surface area contributed by atoms with Crippen LogP contribution in [0.25, 0.3) is 0 Å². The molecular weight excluding hydrogens is 320 g/mol. The molecule has 0 aromatic carbocycles. The van der Waals surface area contributed by atoms with E-state index in [0.717, 1.165) is 13.1 Å². The molecule has 126 valence electrons. The largest absolute Gasteiger partial charge is 0.222 e. The second-order valence-electron chi connectivity index (χ2n) is 5.32. The molecule has 0 atom stereocenters. The van der Waals surface area contributed by atoms with E-state index in [1.165, 1.54) is 24.0 Å². The van der Waals surface area contributed by atoms with Crippen molar-refractivity contribution in [3.8, 4) is 0 Å². The van der Waals surface area contributed by atoms with Crippen LogP contribution < -0.4 is 27.8 Å². The van der Waals surface area contributed by atoms with Crippen molar-refractivity contribution in [2.45, 2.75) is 39.8 Å². The van der Waals surface area contributed by atoms with Gasteiger partial charge in [-0.3, -0.25) is 0 Å². The van der Waals surface area contributed by atoms with Crippen LogP contribution in [0.5, 0.6) is 0 Å². The zero-order valence-electron chi connectivity index (χ0n) is 13.4. The third kappa shape index (κ3) is 10.7. The molecule has 2 heterocycles. The van der Waals surface area contributed by atoms with Gasteiger partial charge in [0, 0.05) is 36.1 Å². The van der Waals surface area contributed by atoms with Crippen molar-refractivity contribution in [3.05, 3.63) is 60.2 Å². The van der Waals surface area contributed by atoms with Gasteiger partial charge in [0.2, 0.25) is 0 Å². The number of rotatable bonds is 5. The van der Waals surface area contributed by atoms with E-state index in [4.69, 9.17) is 18.6 Å². The van der Waals surface area contributed by atoms with Crippen molar-refractivity contribution < 1.29 is 38.0 Å². The Hall–Kier alpha value is -1.57. The van der Waals surface area contributed by atoms with Crippen molar-refractivity contribution in [3.63, 3.8) is 0 Å². The molecule has 0 bridgehead atoms. The molecule has 0 aliphatic heterocycles. The first-order valence-electron chi connectivity index (χ1n) is 7.27. The van der Waals surface area contributed by atoms with Crippen LogP contribution in [0.3, 0.4) is 0 Å². The van der Waals surface area contributed by atoms with Gasteiger partial charge in [0.1, 0.15) is 13.1 Å². The van der Waals surface area contributed by atoms with Gasteiger partial charge in [0.15, 0.2) is 24.8 Å². The third-order valence-electron chi connectivity index (χ3n) is 3.09. The van der Waals surface area contributed by atoms with Crippen molar-refractivity contribution in [1.29, 1.82) is 0 Å². The third-order valence-corrected chi connectivity index (χ3v) is 3.09. The molecule has 0 unspecified atom stereocenters. The topological polar surface area (TPSA) is 100 Å². The van der Waals surface area contributed by atoms with Gasteiger partial charge >= 0.3 is 0 Å². The van der Waals surface area contributed by atoms with Crippen LogP contribution in [0.4, 0.5) is 0 Å². The number of hydrogen-bond acceptors (Lipinski definition) is 4. The first-order chi connectivity index (χ1) is 10.7. The predicted molar refractivity (Wildman–Crippen MR) is 72.0 cm³/mol. The number of pyridine rings is 2. The lowest BCUT2D eigenvalue weighted by atomic mass is 10.2. The molecule has 7 heteroatoms. The number of unbranched alkanes of at least 4 members (excludes halogenated alkanes) is 1. The molecule has 2 rings (SSSR count). The lowest BCUT2D eigenvalue weighted by Crippen LogP contribution is -2.68. The number of hydrogen-bond donors (Lipinski definition) is 0. The molecule has 2 aromatic rings. The van der Waals surface area contributed by atoms with E-state index in [-0.39, 0.29) is 0 Å². The van der Waals surface area contributed by atoms with Crippen molar-refractivity contribution >= 4 is 0 Å². The first-order valence-corrected chi connectivity index (χ1v) is 8.50. The summed E-state index contributed by atoms with van der Waals surface area (Å²) in [7, 11) is -4.94. The second kappa shape index (κ2) is 9.54. The normalized spacial score (nSPS) is 10.9. The minimum atomic E-state index is -4.94. The summed E-state index contributed by atoms with van der Waals surface area (Å²) >= 11 is 0.